The summed E-state index contributed by atoms with van der Waals surface area (Å²) in [5.41, 5.74) is 0.947. The van der Waals surface area contributed by atoms with Crippen molar-refractivity contribution >= 4 is 5.91 Å². The molecule has 3 atom stereocenters. The number of ether oxygens (including phenoxy) is 1. The normalized spacial score (nSPS) is 23.5. The average Bonchev–Trinajstić information content (AvgIpc) is 3.35. The van der Waals surface area contributed by atoms with Crippen LogP contribution in [0.3, 0.4) is 0 Å². The van der Waals surface area contributed by atoms with Crippen LogP contribution in [0.25, 0.3) is 0 Å². The van der Waals surface area contributed by atoms with Crippen molar-refractivity contribution < 1.29 is 24.1 Å². The summed E-state index contributed by atoms with van der Waals surface area (Å²) in [5, 5.41) is 20.9. The van der Waals surface area contributed by atoms with Crippen molar-refractivity contribution in [1.29, 1.82) is 0 Å². The predicted molar refractivity (Wildman–Crippen MR) is 137 cm³/mol. The summed E-state index contributed by atoms with van der Waals surface area (Å²) in [6.07, 6.45) is 2.42. The molecule has 5 rings (SSSR count). The molecule has 2 aromatic carbocycles. The molecule has 194 valence electrons. The van der Waals surface area contributed by atoms with Gasteiger partial charge in [-0.2, -0.15) is 0 Å². The highest BCUT2D eigenvalue weighted by Gasteiger charge is 2.56. The van der Waals surface area contributed by atoms with Crippen molar-refractivity contribution in [2.45, 2.75) is 77.0 Å². The minimum absolute atomic E-state index is 0.0915. The number of halogens is 1. The first-order chi connectivity index (χ1) is 17.5. The molecule has 1 aliphatic heterocycles. The molecule has 0 spiro atoms. The van der Waals surface area contributed by atoms with Crippen LogP contribution in [0, 0.1) is 19.7 Å². The lowest BCUT2D eigenvalue weighted by molar-refractivity contribution is -0.149. The Balaban J connectivity index is 1.76. The number of aliphatic hydroxyl groups is 2. The number of carbonyl (C=O) groups excluding carboxylic acids is 1. The number of nitrogens with zero attached hydrogens (tertiary/aromatic N) is 2. The minimum atomic E-state index is -1.57. The van der Waals surface area contributed by atoms with Crippen LogP contribution in [0.5, 0.6) is 0 Å². The van der Waals surface area contributed by atoms with Gasteiger partial charge in [0.25, 0.3) is 5.91 Å². The zero-order valence-corrected chi connectivity index (χ0v) is 21.7. The van der Waals surface area contributed by atoms with Gasteiger partial charge in [0.1, 0.15) is 5.82 Å². The molecule has 2 heterocycles. The van der Waals surface area contributed by atoms with Crippen molar-refractivity contribution in [3.8, 4) is 0 Å². The fraction of sp³-hybridized carbons (Fsp3) is 0.400. The van der Waals surface area contributed by atoms with Crippen LogP contribution in [0.15, 0.2) is 54.7 Å². The number of hydrogen-bond donors (Lipinski definition) is 2. The Morgan fingerprint density at radius 3 is 2.41 bits per heavy atom. The monoisotopic (exact) mass is 504 g/mol. The molecular formula is C30H33FN2O4. The first-order valence-electron chi connectivity index (χ1n) is 12.7. The fourth-order valence-electron chi connectivity index (χ4n) is 5.37. The molecule has 0 unspecified atom stereocenters. The van der Waals surface area contributed by atoms with E-state index in [0.717, 1.165) is 11.1 Å². The first-order valence-corrected chi connectivity index (χ1v) is 12.7. The van der Waals surface area contributed by atoms with Crippen molar-refractivity contribution in [2.75, 3.05) is 0 Å². The van der Waals surface area contributed by atoms with Gasteiger partial charge in [-0.1, -0.05) is 35.9 Å². The molecule has 7 heteroatoms. The predicted octanol–water partition coefficient (Wildman–Crippen LogP) is 4.85. The van der Waals surface area contributed by atoms with Crippen LogP contribution in [-0.4, -0.2) is 38.2 Å². The third kappa shape index (κ3) is 4.56. The number of rotatable bonds is 6. The van der Waals surface area contributed by atoms with Crippen LogP contribution < -0.4 is 0 Å². The zero-order chi connectivity index (χ0) is 26.5. The van der Waals surface area contributed by atoms with Crippen molar-refractivity contribution in [2.24, 2.45) is 0 Å². The average molecular weight is 505 g/mol. The summed E-state index contributed by atoms with van der Waals surface area (Å²) in [6, 6.07) is 14.2. The Morgan fingerprint density at radius 1 is 1.11 bits per heavy atom. The molecule has 1 amide bonds. The lowest BCUT2D eigenvalue weighted by Crippen LogP contribution is -2.48. The number of benzene rings is 2. The van der Waals surface area contributed by atoms with E-state index in [9.17, 15) is 15.0 Å². The number of fused-ring (bicyclic) bond motifs is 1. The zero-order valence-electron chi connectivity index (χ0n) is 21.7. The standard InChI is InChI=1S/C30H33FN2O4/c1-18-5-8-20(9-6-18)30(37-24-12-11-23(34)15-24)27-25(13-21(14-26(27)31)29(3,4)36)28(35)33(30)17-22-10-7-19(2)16-32-22/h5-10,13-14,16,23-24,34,36H,11-12,15,17H2,1-4H3/t23-,24+,30+/m0/s1. The molecule has 6 nitrogen and oxygen atoms in total. The Labute approximate surface area is 216 Å². The van der Waals surface area contributed by atoms with Crippen LogP contribution in [0.2, 0.25) is 0 Å². The highest BCUT2D eigenvalue weighted by molar-refractivity contribution is 6.00. The fourth-order valence-corrected chi connectivity index (χ4v) is 5.37. The molecule has 1 fully saturated rings. The maximum absolute atomic E-state index is 16.2. The third-order valence-electron chi connectivity index (χ3n) is 7.42. The SMILES string of the molecule is Cc1ccc([C@@]2(O[C@@H]3CC[C@H](O)C3)c3c(F)cc(C(C)(C)O)cc3C(=O)N2Cc2ccc(C)cn2)cc1. The van der Waals surface area contributed by atoms with Gasteiger partial charge in [0.2, 0.25) is 5.72 Å². The largest absolute Gasteiger partial charge is 0.393 e. The minimum Gasteiger partial charge on any atom is -0.393 e. The van der Waals surface area contributed by atoms with Gasteiger partial charge in [-0.15, -0.1) is 0 Å². The molecule has 1 aliphatic carbocycles. The van der Waals surface area contributed by atoms with Crippen LogP contribution in [0.4, 0.5) is 4.39 Å². The van der Waals surface area contributed by atoms with E-state index in [1.165, 1.54) is 6.07 Å². The lowest BCUT2D eigenvalue weighted by Gasteiger charge is -2.41. The van der Waals surface area contributed by atoms with Crippen LogP contribution in [0.1, 0.15) is 77.0 Å². The van der Waals surface area contributed by atoms with Gasteiger partial charge in [0, 0.05) is 11.8 Å². The van der Waals surface area contributed by atoms with E-state index in [1.807, 2.05) is 50.2 Å². The summed E-state index contributed by atoms with van der Waals surface area (Å²) in [5.74, 6) is -1.03. The molecule has 0 radical (unpaired) electrons. The highest BCUT2D eigenvalue weighted by Crippen LogP contribution is 2.50. The highest BCUT2D eigenvalue weighted by atomic mass is 19.1. The van der Waals surface area contributed by atoms with Gasteiger partial charge < -0.3 is 14.9 Å². The first kappa shape index (κ1) is 25.5. The van der Waals surface area contributed by atoms with Crippen molar-refractivity contribution in [3.63, 3.8) is 0 Å². The van der Waals surface area contributed by atoms with Gasteiger partial charge in [0.05, 0.1) is 41.2 Å². The Hall–Kier alpha value is -3.13. The van der Waals surface area contributed by atoms with Crippen molar-refractivity contribution in [3.05, 3.63) is 99.6 Å². The molecule has 3 aromatic rings. The quantitative estimate of drug-likeness (QED) is 0.501. The summed E-state index contributed by atoms with van der Waals surface area (Å²) in [4.78, 5) is 20.2. The number of pyridine rings is 1. The number of hydrogen-bond acceptors (Lipinski definition) is 5. The summed E-state index contributed by atoms with van der Waals surface area (Å²) < 4.78 is 23.0. The van der Waals surface area contributed by atoms with E-state index in [1.54, 1.807) is 31.0 Å². The van der Waals surface area contributed by atoms with E-state index >= 15 is 4.39 Å². The molecule has 37 heavy (non-hydrogen) atoms. The van der Waals surface area contributed by atoms with E-state index in [4.69, 9.17) is 4.74 Å². The molecular weight excluding hydrogens is 471 g/mol. The Bertz CT molecular complexity index is 1320. The van der Waals surface area contributed by atoms with Gasteiger partial charge in [-0.05, 0) is 76.3 Å². The van der Waals surface area contributed by atoms with Gasteiger partial charge in [0.15, 0.2) is 0 Å². The number of aromatic nitrogens is 1. The second kappa shape index (κ2) is 9.31. The topological polar surface area (TPSA) is 82.9 Å². The molecule has 1 aromatic heterocycles. The molecule has 0 saturated heterocycles. The van der Waals surface area contributed by atoms with Gasteiger partial charge >= 0.3 is 0 Å². The van der Waals surface area contributed by atoms with Crippen LogP contribution >= 0.6 is 0 Å². The van der Waals surface area contributed by atoms with Crippen molar-refractivity contribution in [1.82, 2.24) is 9.88 Å². The lowest BCUT2D eigenvalue weighted by atomic mass is 9.88. The molecule has 2 aliphatic rings. The third-order valence-corrected chi connectivity index (χ3v) is 7.42. The second-order valence-corrected chi connectivity index (χ2v) is 10.9. The van der Waals surface area contributed by atoms with Crippen LogP contribution in [-0.2, 0) is 22.6 Å². The molecule has 1 saturated carbocycles. The van der Waals surface area contributed by atoms with Gasteiger partial charge in [-0.3, -0.25) is 14.7 Å². The summed E-state index contributed by atoms with van der Waals surface area (Å²) in [6.45, 7) is 7.11. The number of carbonyl (C=O) groups is 1. The maximum Gasteiger partial charge on any atom is 0.257 e. The van der Waals surface area contributed by atoms with Gasteiger partial charge in [-0.25, -0.2) is 4.39 Å². The Kier molecular flexibility index (Phi) is 6.42. The number of aliphatic hydroxyl groups excluding tert-OH is 1. The Morgan fingerprint density at radius 2 is 1.81 bits per heavy atom. The number of amides is 1. The second-order valence-electron chi connectivity index (χ2n) is 10.9. The summed E-state index contributed by atoms with van der Waals surface area (Å²) in [7, 11) is 0. The smallest absolute Gasteiger partial charge is 0.257 e. The summed E-state index contributed by atoms with van der Waals surface area (Å²) >= 11 is 0. The molecule has 0 bridgehead atoms. The maximum atomic E-state index is 16.2. The number of aryl methyl sites for hydroxylation is 2. The van der Waals surface area contributed by atoms with E-state index < -0.39 is 29.2 Å². The van der Waals surface area contributed by atoms with E-state index in [2.05, 4.69) is 4.98 Å². The molecule has 2 N–H and O–H groups in total. The van der Waals surface area contributed by atoms with E-state index in [-0.39, 0.29) is 23.8 Å². The van der Waals surface area contributed by atoms with E-state index in [0.29, 0.717) is 36.1 Å².